The van der Waals surface area contributed by atoms with Crippen molar-refractivity contribution >= 4 is 60.8 Å². The minimum atomic E-state index is -1.17. The number of aliphatic carboxylic acids is 1. The van der Waals surface area contributed by atoms with Crippen LogP contribution < -0.4 is 5.32 Å². The molecule has 0 spiro atoms. The average Bonchev–Trinajstić information content (AvgIpc) is 2.76. The van der Waals surface area contributed by atoms with Crippen LogP contribution in [0.5, 0.6) is 0 Å². The van der Waals surface area contributed by atoms with Crippen LogP contribution in [0.15, 0.2) is 85.1 Å². The Morgan fingerprint density at radius 1 is 0.767 bits per heavy atom. The van der Waals surface area contributed by atoms with Gasteiger partial charge in [0.05, 0.1) is 11.2 Å². The molecule has 1 amide bonds. The van der Waals surface area contributed by atoms with Gasteiger partial charge < -0.3 is 10.4 Å². The van der Waals surface area contributed by atoms with Crippen molar-refractivity contribution in [2.75, 3.05) is 5.32 Å². The van der Waals surface area contributed by atoms with Gasteiger partial charge in [-0.15, -0.1) is 0 Å². The molecule has 144 valence electrons. The summed E-state index contributed by atoms with van der Waals surface area (Å²) in [5.74, 6) is -1.68. The first kappa shape index (κ1) is 17.8. The molecule has 0 radical (unpaired) electrons. The molecule has 0 fully saturated rings. The molecule has 0 unspecified atom stereocenters. The number of carboxylic acids is 1. The van der Waals surface area contributed by atoms with Crippen molar-refractivity contribution in [3.8, 4) is 0 Å². The van der Waals surface area contributed by atoms with Crippen molar-refractivity contribution < 1.29 is 14.7 Å². The molecule has 1 aromatic heterocycles. The Bertz CT molecular complexity index is 1520. The molecule has 0 aliphatic heterocycles. The van der Waals surface area contributed by atoms with Crippen LogP contribution in [-0.4, -0.2) is 22.0 Å². The van der Waals surface area contributed by atoms with Gasteiger partial charge in [-0.05, 0) is 45.1 Å². The molecular formula is C25H16N2O3. The number of carbonyl (C=O) groups excluding carboxylic acids is 1. The molecule has 0 bridgehead atoms. The summed E-state index contributed by atoms with van der Waals surface area (Å²) >= 11 is 0. The third-order valence-electron chi connectivity index (χ3n) is 5.22. The Morgan fingerprint density at radius 3 is 2.30 bits per heavy atom. The quantitative estimate of drug-likeness (QED) is 0.249. The molecule has 5 nitrogen and oxygen atoms in total. The van der Waals surface area contributed by atoms with Gasteiger partial charge in [-0.1, -0.05) is 48.5 Å². The van der Waals surface area contributed by atoms with Gasteiger partial charge in [-0.25, -0.2) is 4.79 Å². The Hall–Kier alpha value is -4.25. The Labute approximate surface area is 171 Å². The second-order valence-corrected chi connectivity index (χ2v) is 7.06. The lowest BCUT2D eigenvalue weighted by Gasteiger charge is -2.11. The predicted molar refractivity (Wildman–Crippen MR) is 120 cm³/mol. The van der Waals surface area contributed by atoms with Crippen molar-refractivity contribution in [1.82, 2.24) is 4.98 Å². The number of fused-ring (bicyclic) bond motifs is 6. The molecule has 0 aliphatic carbocycles. The maximum absolute atomic E-state index is 12.0. The number of hydrogen-bond acceptors (Lipinski definition) is 3. The molecule has 2 N–H and O–H groups in total. The fourth-order valence-corrected chi connectivity index (χ4v) is 3.88. The molecule has 1 heterocycles. The van der Waals surface area contributed by atoms with E-state index in [-0.39, 0.29) is 0 Å². The second-order valence-electron chi connectivity index (χ2n) is 7.06. The van der Waals surface area contributed by atoms with Crippen molar-refractivity contribution in [1.29, 1.82) is 0 Å². The molecule has 0 saturated carbocycles. The largest absolute Gasteiger partial charge is 0.478 e. The lowest BCUT2D eigenvalue weighted by Crippen LogP contribution is -2.09. The number of rotatable bonds is 3. The Kier molecular flexibility index (Phi) is 4.14. The molecule has 5 aromatic rings. The molecule has 5 heteroatoms. The molecule has 5 rings (SSSR count). The van der Waals surface area contributed by atoms with Crippen molar-refractivity contribution in [3.63, 3.8) is 0 Å². The van der Waals surface area contributed by atoms with Gasteiger partial charge in [0.25, 0.3) is 0 Å². The maximum atomic E-state index is 12.0. The average molecular weight is 392 g/mol. The molecule has 0 aliphatic rings. The topological polar surface area (TPSA) is 79.3 Å². The summed E-state index contributed by atoms with van der Waals surface area (Å²) in [6.07, 6.45) is 3.45. The summed E-state index contributed by atoms with van der Waals surface area (Å²) in [6, 6.07) is 22.5. The van der Waals surface area contributed by atoms with Crippen LogP contribution in [0.4, 0.5) is 5.69 Å². The van der Waals surface area contributed by atoms with E-state index >= 15 is 0 Å². The van der Waals surface area contributed by atoms with Gasteiger partial charge in [0.2, 0.25) is 5.91 Å². The summed E-state index contributed by atoms with van der Waals surface area (Å²) in [5, 5.41) is 19.0. The number of carboxylic acid groups (broad SMARTS) is 1. The van der Waals surface area contributed by atoms with E-state index in [0.717, 1.165) is 44.6 Å². The molecule has 0 saturated heterocycles. The van der Waals surface area contributed by atoms with E-state index in [1.807, 2.05) is 24.3 Å². The van der Waals surface area contributed by atoms with Crippen molar-refractivity contribution in [3.05, 3.63) is 85.1 Å². The van der Waals surface area contributed by atoms with Crippen LogP contribution in [0.1, 0.15) is 0 Å². The van der Waals surface area contributed by atoms with E-state index in [2.05, 4.69) is 46.7 Å². The third kappa shape index (κ3) is 3.02. The van der Waals surface area contributed by atoms with Crippen LogP contribution in [0.25, 0.3) is 43.2 Å². The number of amides is 1. The zero-order valence-corrected chi connectivity index (χ0v) is 15.8. The highest BCUT2D eigenvalue weighted by Crippen LogP contribution is 2.34. The summed E-state index contributed by atoms with van der Waals surface area (Å²) < 4.78 is 0. The monoisotopic (exact) mass is 392 g/mol. The van der Waals surface area contributed by atoms with Gasteiger partial charge in [-0.3, -0.25) is 9.78 Å². The van der Waals surface area contributed by atoms with Crippen LogP contribution in [-0.2, 0) is 9.59 Å². The normalized spacial score (nSPS) is 11.6. The number of anilines is 1. The summed E-state index contributed by atoms with van der Waals surface area (Å²) in [4.78, 5) is 27.2. The molecule has 4 aromatic carbocycles. The zero-order valence-electron chi connectivity index (χ0n) is 15.8. The van der Waals surface area contributed by atoms with E-state index < -0.39 is 11.9 Å². The second kappa shape index (κ2) is 6.97. The van der Waals surface area contributed by atoms with Gasteiger partial charge in [0.15, 0.2) is 0 Å². The summed E-state index contributed by atoms with van der Waals surface area (Å²) in [7, 11) is 0. The van der Waals surface area contributed by atoms with Crippen molar-refractivity contribution in [2.24, 2.45) is 0 Å². The number of hydrogen-bond donors (Lipinski definition) is 2. The molecule has 0 atom stereocenters. The smallest absolute Gasteiger partial charge is 0.328 e. The van der Waals surface area contributed by atoms with Crippen LogP contribution in [0, 0.1) is 0 Å². The molecule has 30 heavy (non-hydrogen) atoms. The first-order valence-corrected chi connectivity index (χ1v) is 9.45. The first-order chi connectivity index (χ1) is 14.6. The number of aromatic nitrogens is 1. The summed E-state index contributed by atoms with van der Waals surface area (Å²) in [5.41, 5.74) is 1.36. The number of benzene rings is 4. The fraction of sp³-hybridized carbons (Fsp3) is 0. The highest BCUT2D eigenvalue weighted by molar-refractivity contribution is 6.20. The van der Waals surface area contributed by atoms with Gasteiger partial charge in [0, 0.05) is 29.1 Å². The Balaban J connectivity index is 1.69. The number of pyridine rings is 1. The van der Waals surface area contributed by atoms with E-state index in [1.165, 1.54) is 10.8 Å². The highest BCUT2D eigenvalue weighted by atomic mass is 16.4. The van der Waals surface area contributed by atoms with Crippen LogP contribution >= 0.6 is 0 Å². The molecular weight excluding hydrogens is 376 g/mol. The highest BCUT2D eigenvalue weighted by Gasteiger charge is 2.10. The SMILES string of the molecule is O=C(O)C=CC(=O)Nc1ccnc2c1ccc1c3cc4ccccc4cc3ccc12. The van der Waals surface area contributed by atoms with Gasteiger partial charge in [-0.2, -0.15) is 0 Å². The Morgan fingerprint density at radius 2 is 1.50 bits per heavy atom. The van der Waals surface area contributed by atoms with E-state index in [0.29, 0.717) is 5.69 Å². The van der Waals surface area contributed by atoms with Gasteiger partial charge >= 0.3 is 5.97 Å². The van der Waals surface area contributed by atoms with Crippen LogP contribution in [0.3, 0.4) is 0 Å². The zero-order chi connectivity index (χ0) is 20.7. The minimum absolute atomic E-state index is 0.505. The number of nitrogens with zero attached hydrogens (tertiary/aromatic N) is 1. The van der Waals surface area contributed by atoms with E-state index in [4.69, 9.17) is 5.11 Å². The lowest BCUT2D eigenvalue weighted by molar-refractivity contribution is -0.131. The predicted octanol–water partition coefficient (Wildman–Crippen LogP) is 5.27. The summed E-state index contributed by atoms with van der Waals surface area (Å²) in [6.45, 7) is 0. The third-order valence-corrected chi connectivity index (χ3v) is 5.22. The maximum Gasteiger partial charge on any atom is 0.328 e. The van der Waals surface area contributed by atoms with Crippen LogP contribution in [0.2, 0.25) is 0 Å². The van der Waals surface area contributed by atoms with Crippen molar-refractivity contribution in [2.45, 2.75) is 0 Å². The van der Waals surface area contributed by atoms with E-state index in [1.54, 1.807) is 12.3 Å². The first-order valence-electron chi connectivity index (χ1n) is 9.45. The number of nitrogens with one attached hydrogen (secondary N) is 1. The number of carbonyl (C=O) groups is 2. The minimum Gasteiger partial charge on any atom is -0.478 e. The van der Waals surface area contributed by atoms with Gasteiger partial charge in [0.1, 0.15) is 0 Å². The lowest BCUT2D eigenvalue weighted by atomic mass is 9.96. The fourth-order valence-electron chi connectivity index (χ4n) is 3.88. The van der Waals surface area contributed by atoms with E-state index in [9.17, 15) is 9.59 Å². The standard InChI is InChI=1S/C25H16N2O3/c28-23(9-10-24(29)30)27-22-11-12-26-25-19-6-5-17-13-15-3-1-2-4-16(15)14-21(17)18(19)7-8-20(22)25/h1-14H,(H,29,30)(H,26,27,28).